The molecule has 1 N–H and O–H groups in total. The van der Waals surface area contributed by atoms with Crippen LogP contribution in [-0.4, -0.2) is 30.8 Å². The summed E-state index contributed by atoms with van der Waals surface area (Å²) >= 11 is 0. The molecule has 0 spiro atoms. The van der Waals surface area contributed by atoms with E-state index in [0.29, 0.717) is 5.92 Å². The summed E-state index contributed by atoms with van der Waals surface area (Å²) in [6.45, 7) is 5.52. The number of hydrogen-bond donors (Lipinski definition) is 1. The molecule has 0 saturated heterocycles. The van der Waals surface area contributed by atoms with Crippen LogP contribution in [0.1, 0.15) is 40.0 Å². The van der Waals surface area contributed by atoms with Crippen LogP contribution in [0, 0.1) is 17.8 Å². The Balaban J connectivity index is 1.95. The van der Waals surface area contributed by atoms with Crippen molar-refractivity contribution in [2.45, 2.75) is 51.7 Å². The first-order valence-electron chi connectivity index (χ1n) is 6.89. The zero-order chi connectivity index (χ0) is 14.2. The van der Waals surface area contributed by atoms with Crippen LogP contribution in [-0.2, 0) is 14.3 Å². The quantitative estimate of drug-likeness (QED) is 0.780. The zero-order valence-corrected chi connectivity index (χ0v) is 12.1. The fourth-order valence-electron chi connectivity index (χ4n) is 3.42. The van der Waals surface area contributed by atoms with Gasteiger partial charge in [0.1, 0.15) is 5.60 Å². The van der Waals surface area contributed by atoms with Gasteiger partial charge in [0.05, 0.1) is 13.0 Å². The average molecular weight is 269 g/mol. The Morgan fingerprint density at radius 1 is 1.21 bits per heavy atom. The molecule has 4 atom stereocenters. The van der Waals surface area contributed by atoms with Gasteiger partial charge < -0.3 is 14.8 Å². The summed E-state index contributed by atoms with van der Waals surface area (Å²) in [4.78, 5) is 23.5. The van der Waals surface area contributed by atoms with E-state index in [1.165, 1.54) is 7.11 Å². The Morgan fingerprint density at radius 2 is 1.89 bits per heavy atom. The fourth-order valence-corrected chi connectivity index (χ4v) is 3.42. The minimum atomic E-state index is -0.497. The molecule has 0 radical (unpaired) electrons. The van der Waals surface area contributed by atoms with E-state index in [0.717, 1.165) is 19.3 Å². The summed E-state index contributed by atoms with van der Waals surface area (Å²) in [7, 11) is 1.42. The normalized spacial score (nSPS) is 33.1. The van der Waals surface area contributed by atoms with Gasteiger partial charge in [0.15, 0.2) is 0 Å². The van der Waals surface area contributed by atoms with E-state index in [1.807, 2.05) is 20.8 Å². The van der Waals surface area contributed by atoms with Gasteiger partial charge in [-0.2, -0.15) is 0 Å². The fraction of sp³-hybridized carbons (Fsp3) is 0.857. The van der Waals surface area contributed by atoms with Gasteiger partial charge in [-0.15, -0.1) is 0 Å². The molecule has 2 aliphatic rings. The number of methoxy groups -OCH3 is 1. The molecule has 108 valence electrons. The lowest BCUT2D eigenvalue weighted by Gasteiger charge is -2.24. The number of carbonyl (C=O) groups excluding carboxylic acids is 2. The number of alkyl carbamates (subject to hydrolysis) is 1. The van der Waals surface area contributed by atoms with Crippen LogP contribution in [0.15, 0.2) is 0 Å². The van der Waals surface area contributed by atoms with Crippen LogP contribution in [0.5, 0.6) is 0 Å². The molecule has 0 heterocycles. The lowest BCUT2D eigenvalue weighted by atomic mass is 9.89. The molecule has 0 aromatic carbocycles. The van der Waals surface area contributed by atoms with Gasteiger partial charge in [0, 0.05) is 6.04 Å². The molecule has 2 fully saturated rings. The molecule has 1 amide bonds. The topological polar surface area (TPSA) is 64.6 Å². The van der Waals surface area contributed by atoms with Crippen molar-refractivity contribution >= 4 is 12.1 Å². The molecule has 2 aliphatic carbocycles. The average Bonchev–Trinajstić information content (AvgIpc) is 2.82. The number of ether oxygens (including phenoxy) is 2. The minimum Gasteiger partial charge on any atom is -0.469 e. The molecule has 0 unspecified atom stereocenters. The molecule has 2 saturated carbocycles. The van der Waals surface area contributed by atoms with Crippen molar-refractivity contribution in [2.24, 2.45) is 17.8 Å². The second-order valence-corrected chi connectivity index (χ2v) is 6.54. The molecule has 19 heavy (non-hydrogen) atoms. The highest BCUT2D eigenvalue weighted by molar-refractivity contribution is 5.74. The van der Waals surface area contributed by atoms with Crippen molar-refractivity contribution in [3.8, 4) is 0 Å². The van der Waals surface area contributed by atoms with Gasteiger partial charge in [-0.05, 0) is 51.9 Å². The molecule has 2 bridgehead atoms. The molecule has 2 rings (SSSR count). The smallest absolute Gasteiger partial charge is 0.407 e. The molecule has 0 aromatic rings. The number of rotatable bonds is 2. The van der Waals surface area contributed by atoms with Crippen molar-refractivity contribution in [3.63, 3.8) is 0 Å². The molecule has 5 heteroatoms. The third-order valence-corrected chi connectivity index (χ3v) is 4.10. The Kier molecular flexibility index (Phi) is 3.74. The van der Waals surface area contributed by atoms with E-state index < -0.39 is 5.60 Å². The lowest BCUT2D eigenvalue weighted by molar-refractivity contribution is -0.147. The largest absolute Gasteiger partial charge is 0.469 e. The standard InChI is InChI=1S/C14H23NO4/c1-14(2,3)19-13(17)15-11-8-5-6-9(11)10(7-8)12(16)18-4/h8-11H,5-7H2,1-4H3,(H,15,17)/t8-,9-,10-,11-/m1/s1. The van der Waals surface area contributed by atoms with Crippen LogP contribution < -0.4 is 5.32 Å². The highest BCUT2D eigenvalue weighted by Crippen LogP contribution is 2.49. The first-order chi connectivity index (χ1) is 8.81. The van der Waals surface area contributed by atoms with Gasteiger partial charge in [0.25, 0.3) is 0 Å². The summed E-state index contributed by atoms with van der Waals surface area (Å²) in [5.41, 5.74) is -0.497. The van der Waals surface area contributed by atoms with Crippen molar-refractivity contribution < 1.29 is 19.1 Å². The number of esters is 1. The SMILES string of the molecule is COC(=O)[C@@H]1C[C@H]2CC[C@H]1[C@@H]2NC(=O)OC(C)(C)C. The van der Waals surface area contributed by atoms with E-state index in [4.69, 9.17) is 9.47 Å². The van der Waals surface area contributed by atoms with E-state index in [2.05, 4.69) is 5.32 Å². The monoisotopic (exact) mass is 269 g/mol. The molecule has 5 nitrogen and oxygen atoms in total. The summed E-state index contributed by atoms with van der Waals surface area (Å²) in [5, 5.41) is 2.94. The predicted octanol–water partition coefficient (Wildman–Crippen LogP) is 2.10. The van der Waals surface area contributed by atoms with Gasteiger partial charge in [-0.1, -0.05) is 0 Å². The molecule has 0 aromatic heterocycles. The Morgan fingerprint density at radius 3 is 2.47 bits per heavy atom. The number of amides is 1. The first-order valence-corrected chi connectivity index (χ1v) is 6.89. The number of hydrogen-bond acceptors (Lipinski definition) is 4. The first kappa shape index (κ1) is 14.2. The van der Waals surface area contributed by atoms with Crippen molar-refractivity contribution in [1.29, 1.82) is 0 Å². The molecule has 0 aliphatic heterocycles. The van der Waals surface area contributed by atoms with Crippen LogP contribution >= 0.6 is 0 Å². The van der Waals surface area contributed by atoms with Crippen molar-refractivity contribution in [1.82, 2.24) is 5.32 Å². The van der Waals surface area contributed by atoms with E-state index >= 15 is 0 Å². The Bertz CT molecular complexity index is 374. The predicted molar refractivity (Wildman–Crippen MR) is 69.5 cm³/mol. The second kappa shape index (κ2) is 5.02. The number of fused-ring (bicyclic) bond motifs is 2. The minimum absolute atomic E-state index is 0.0546. The highest BCUT2D eigenvalue weighted by atomic mass is 16.6. The summed E-state index contributed by atoms with van der Waals surface area (Å²) in [5.74, 6) is 0.360. The maximum Gasteiger partial charge on any atom is 0.407 e. The summed E-state index contributed by atoms with van der Waals surface area (Å²) in [6.07, 6.45) is 2.47. The van der Waals surface area contributed by atoms with Gasteiger partial charge in [-0.25, -0.2) is 4.79 Å². The van der Waals surface area contributed by atoms with Gasteiger partial charge in [0.2, 0.25) is 0 Å². The number of carbonyl (C=O) groups is 2. The van der Waals surface area contributed by atoms with E-state index in [1.54, 1.807) is 0 Å². The lowest BCUT2D eigenvalue weighted by Crippen LogP contribution is -2.42. The molecular weight excluding hydrogens is 246 g/mol. The third kappa shape index (κ3) is 3.01. The Labute approximate surface area is 114 Å². The van der Waals surface area contributed by atoms with Gasteiger partial charge in [-0.3, -0.25) is 4.79 Å². The highest BCUT2D eigenvalue weighted by Gasteiger charge is 2.52. The van der Waals surface area contributed by atoms with E-state index in [9.17, 15) is 9.59 Å². The van der Waals surface area contributed by atoms with Crippen LogP contribution in [0.4, 0.5) is 4.79 Å². The Hall–Kier alpha value is -1.26. The second-order valence-electron chi connectivity index (χ2n) is 6.54. The van der Waals surface area contributed by atoms with Crippen LogP contribution in [0.25, 0.3) is 0 Å². The van der Waals surface area contributed by atoms with Gasteiger partial charge >= 0.3 is 12.1 Å². The maximum absolute atomic E-state index is 11.8. The number of nitrogens with one attached hydrogen (secondary N) is 1. The third-order valence-electron chi connectivity index (χ3n) is 4.10. The van der Waals surface area contributed by atoms with Crippen LogP contribution in [0.2, 0.25) is 0 Å². The van der Waals surface area contributed by atoms with Crippen LogP contribution in [0.3, 0.4) is 0 Å². The molecular formula is C14H23NO4. The van der Waals surface area contributed by atoms with Crippen molar-refractivity contribution in [3.05, 3.63) is 0 Å². The zero-order valence-electron chi connectivity index (χ0n) is 12.1. The summed E-state index contributed by atoms with van der Waals surface area (Å²) in [6, 6.07) is 0.0546. The summed E-state index contributed by atoms with van der Waals surface area (Å²) < 4.78 is 10.1. The van der Waals surface area contributed by atoms with E-state index in [-0.39, 0.29) is 29.9 Å². The maximum atomic E-state index is 11.8. The van der Waals surface area contributed by atoms with Crippen molar-refractivity contribution in [2.75, 3.05) is 7.11 Å².